The fourth-order valence-electron chi connectivity index (χ4n) is 5.11. The van der Waals surface area contributed by atoms with Crippen molar-refractivity contribution in [1.29, 1.82) is 0 Å². The summed E-state index contributed by atoms with van der Waals surface area (Å²) >= 11 is 6.23. The summed E-state index contributed by atoms with van der Waals surface area (Å²) < 4.78 is 5.22. The van der Waals surface area contributed by atoms with Crippen LogP contribution in [-0.2, 0) is 0 Å². The third-order valence-electron chi connectivity index (χ3n) is 5.71. The zero-order valence-electron chi connectivity index (χ0n) is 11.9. The van der Waals surface area contributed by atoms with Crippen LogP contribution in [0, 0.1) is 23.7 Å². The summed E-state index contributed by atoms with van der Waals surface area (Å²) in [5.74, 6) is 4.56. The van der Waals surface area contributed by atoms with Gasteiger partial charge in [0, 0.05) is 11.7 Å². The van der Waals surface area contributed by atoms with Crippen LogP contribution in [0.4, 0.5) is 5.69 Å². The average molecular weight is 292 g/mol. The van der Waals surface area contributed by atoms with Crippen molar-refractivity contribution < 1.29 is 4.74 Å². The Kier molecular flexibility index (Phi) is 3.10. The molecule has 1 aromatic rings. The molecule has 3 heteroatoms. The monoisotopic (exact) mass is 291 g/mol. The molecular weight excluding hydrogens is 270 g/mol. The molecular formula is C17H22ClNO. The van der Waals surface area contributed by atoms with E-state index in [1.54, 1.807) is 7.11 Å². The van der Waals surface area contributed by atoms with Gasteiger partial charge in [-0.3, -0.25) is 0 Å². The maximum absolute atomic E-state index is 6.23. The minimum Gasteiger partial charge on any atom is -0.495 e. The Morgan fingerprint density at radius 1 is 1.05 bits per heavy atom. The van der Waals surface area contributed by atoms with Gasteiger partial charge in [0.2, 0.25) is 0 Å². The Morgan fingerprint density at radius 2 is 1.70 bits per heavy atom. The summed E-state index contributed by atoms with van der Waals surface area (Å²) in [6.07, 6.45) is 7.26. The van der Waals surface area contributed by atoms with Crippen molar-refractivity contribution >= 4 is 17.3 Å². The van der Waals surface area contributed by atoms with Gasteiger partial charge in [-0.05, 0) is 74.0 Å². The van der Waals surface area contributed by atoms with Gasteiger partial charge in [-0.15, -0.1) is 0 Å². The summed E-state index contributed by atoms with van der Waals surface area (Å²) in [5, 5.41) is 4.47. The quantitative estimate of drug-likeness (QED) is 0.880. The van der Waals surface area contributed by atoms with Crippen molar-refractivity contribution in [1.82, 2.24) is 0 Å². The van der Waals surface area contributed by atoms with Crippen molar-refractivity contribution in [3.05, 3.63) is 23.2 Å². The summed E-state index contributed by atoms with van der Waals surface area (Å²) in [6, 6.07) is 6.72. The number of hydrogen-bond donors (Lipinski definition) is 1. The molecule has 4 fully saturated rings. The van der Waals surface area contributed by atoms with Gasteiger partial charge in [0.15, 0.2) is 0 Å². The van der Waals surface area contributed by atoms with Crippen LogP contribution in [0.1, 0.15) is 32.1 Å². The van der Waals surface area contributed by atoms with Gasteiger partial charge in [-0.2, -0.15) is 0 Å². The molecule has 4 bridgehead atoms. The van der Waals surface area contributed by atoms with Gasteiger partial charge in [-0.25, -0.2) is 0 Å². The van der Waals surface area contributed by atoms with Crippen LogP contribution in [0.2, 0.25) is 5.02 Å². The summed E-state index contributed by atoms with van der Waals surface area (Å²) in [5.41, 5.74) is 1.15. The van der Waals surface area contributed by atoms with E-state index < -0.39 is 0 Å². The smallest absolute Gasteiger partial charge is 0.137 e. The molecule has 0 aliphatic heterocycles. The van der Waals surface area contributed by atoms with Crippen molar-refractivity contribution in [2.75, 3.05) is 12.4 Å². The zero-order chi connectivity index (χ0) is 13.7. The minimum absolute atomic E-state index is 0.660. The standard InChI is InChI=1S/C17H22ClNO/c1-20-16-3-2-14(9-15(16)18)19-17-12-5-10-4-11(7-12)8-13(17)6-10/h2-3,9-13,17,19H,4-8H2,1H3. The third kappa shape index (κ3) is 2.09. The Labute approximate surface area is 125 Å². The van der Waals surface area contributed by atoms with Crippen LogP contribution in [0.15, 0.2) is 18.2 Å². The molecule has 4 aliphatic rings. The van der Waals surface area contributed by atoms with Gasteiger partial charge in [-0.1, -0.05) is 11.6 Å². The molecule has 0 aromatic heterocycles. The Balaban J connectivity index is 1.53. The largest absolute Gasteiger partial charge is 0.495 e. The SMILES string of the molecule is COc1ccc(NC2C3CC4CC(C3)CC2C4)cc1Cl. The highest BCUT2D eigenvalue weighted by Gasteiger charge is 2.48. The van der Waals surface area contributed by atoms with Gasteiger partial charge in [0.1, 0.15) is 5.75 Å². The maximum Gasteiger partial charge on any atom is 0.137 e. The first-order valence-corrected chi connectivity index (χ1v) is 8.21. The van der Waals surface area contributed by atoms with Crippen LogP contribution < -0.4 is 10.1 Å². The second-order valence-electron chi connectivity index (χ2n) is 6.95. The highest BCUT2D eigenvalue weighted by molar-refractivity contribution is 6.32. The molecule has 0 atom stereocenters. The lowest BCUT2D eigenvalue weighted by Gasteiger charge is -2.54. The Bertz CT molecular complexity index is 488. The van der Waals surface area contributed by atoms with E-state index in [0.717, 1.165) is 35.1 Å². The molecule has 20 heavy (non-hydrogen) atoms. The van der Waals surface area contributed by atoms with Gasteiger partial charge >= 0.3 is 0 Å². The Morgan fingerprint density at radius 3 is 2.25 bits per heavy atom. The van der Waals surface area contributed by atoms with Crippen LogP contribution >= 0.6 is 11.6 Å². The van der Waals surface area contributed by atoms with E-state index in [4.69, 9.17) is 16.3 Å². The fourth-order valence-corrected chi connectivity index (χ4v) is 5.37. The van der Waals surface area contributed by atoms with Crippen LogP contribution in [0.25, 0.3) is 0 Å². The Hall–Kier alpha value is -0.890. The van der Waals surface area contributed by atoms with Crippen molar-refractivity contribution in [3.63, 3.8) is 0 Å². The molecule has 0 unspecified atom stereocenters. The second kappa shape index (κ2) is 4.84. The number of nitrogens with one attached hydrogen (secondary N) is 1. The van der Waals surface area contributed by atoms with E-state index in [2.05, 4.69) is 11.4 Å². The van der Waals surface area contributed by atoms with E-state index in [9.17, 15) is 0 Å². The number of ether oxygens (including phenoxy) is 1. The number of benzene rings is 1. The highest BCUT2D eigenvalue weighted by atomic mass is 35.5. The molecule has 0 amide bonds. The maximum atomic E-state index is 6.23. The lowest BCUT2D eigenvalue weighted by atomic mass is 9.54. The van der Waals surface area contributed by atoms with E-state index in [1.807, 2.05) is 12.1 Å². The molecule has 1 aromatic carbocycles. The number of halogens is 1. The number of rotatable bonds is 3. The third-order valence-corrected chi connectivity index (χ3v) is 6.01. The van der Waals surface area contributed by atoms with Crippen LogP contribution in [-0.4, -0.2) is 13.2 Å². The predicted molar refractivity (Wildman–Crippen MR) is 82.5 cm³/mol. The average Bonchev–Trinajstić information content (AvgIpc) is 2.42. The van der Waals surface area contributed by atoms with Crippen LogP contribution in [0.3, 0.4) is 0 Å². The predicted octanol–water partition coefficient (Wildman–Crippen LogP) is 4.59. The minimum atomic E-state index is 0.660. The van der Waals surface area contributed by atoms with E-state index in [1.165, 1.54) is 32.1 Å². The molecule has 1 N–H and O–H groups in total. The van der Waals surface area contributed by atoms with Crippen LogP contribution in [0.5, 0.6) is 5.75 Å². The summed E-state index contributed by atoms with van der Waals surface area (Å²) in [7, 11) is 1.66. The van der Waals surface area contributed by atoms with Crippen molar-refractivity contribution in [2.24, 2.45) is 23.7 Å². The van der Waals surface area contributed by atoms with Gasteiger partial charge in [0.05, 0.1) is 12.1 Å². The summed E-state index contributed by atoms with van der Waals surface area (Å²) in [6.45, 7) is 0. The fraction of sp³-hybridized carbons (Fsp3) is 0.647. The topological polar surface area (TPSA) is 21.3 Å². The molecule has 4 aliphatic carbocycles. The first kappa shape index (κ1) is 12.8. The lowest BCUT2D eigenvalue weighted by Crippen LogP contribution is -2.51. The molecule has 0 spiro atoms. The first-order chi connectivity index (χ1) is 9.72. The first-order valence-electron chi connectivity index (χ1n) is 7.83. The molecule has 0 heterocycles. The van der Waals surface area contributed by atoms with Crippen molar-refractivity contribution in [2.45, 2.75) is 38.1 Å². The molecule has 0 radical (unpaired) electrons. The van der Waals surface area contributed by atoms with E-state index in [0.29, 0.717) is 11.1 Å². The zero-order valence-corrected chi connectivity index (χ0v) is 12.7. The lowest BCUT2D eigenvalue weighted by molar-refractivity contribution is 0.00754. The highest BCUT2D eigenvalue weighted by Crippen LogP contribution is 2.54. The van der Waals surface area contributed by atoms with Gasteiger partial charge in [0.25, 0.3) is 0 Å². The van der Waals surface area contributed by atoms with Crippen molar-refractivity contribution in [3.8, 4) is 5.75 Å². The molecule has 4 saturated carbocycles. The molecule has 0 saturated heterocycles. The second-order valence-corrected chi connectivity index (χ2v) is 7.36. The number of hydrogen-bond acceptors (Lipinski definition) is 2. The number of methoxy groups -OCH3 is 1. The van der Waals surface area contributed by atoms with E-state index >= 15 is 0 Å². The normalized spacial score (nSPS) is 38.0. The summed E-state index contributed by atoms with van der Waals surface area (Å²) in [4.78, 5) is 0. The molecule has 108 valence electrons. The van der Waals surface area contributed by atoms with Gasteiger partial charge < -0.3 is 10.1 Å². The molecule has 2 nitrogen and oxygen atoms in total. The van der Waals surface area contributed by atoms with E-state index in [-0.39, 0.29) is 0 Å². The number of anilines is 1. The molecule has 5 rings (SSSR count).